The maximum Gasteiger partial charge on any atom is 0.277 e. The summed E-state index contributed by atoms with van der Waals surface area (Å²) >= 11 is 1.35. The number of rotatable bonds is 3. The molecule has 3 rings (SSSR count). The predicted octanol–water partition coefficient (Wildman–Crippen LogP) is 2.38. The van der Waals surface area contributed by atoms with E-state index in [4.69, 9.17) is 4.42 Å². The maximum absolute atomic E-state index is 11.8. The van der Waals surface area contributed by atoms with Crippen LogP contribution in [0.25, 0.3) is 11.5 Å². The molecule has 0 radical (unpaired) electrons. The van der Waals surface area contributed by atoms with Crippen LogP contribution in [0.1, 0.15) is 10.5 Å². The molecule has 1 amide bonds. The van der Waals surface area contributed by atoms with Gasteiger partial charge >= 0.3 is 0 Å². The fourth-order valence-corrected chi connectivity index (χ4v) is 1.97. The van der Waals surface area contributed by atoms with E-state index in [1.54, 1.807) is 36.0 Å². The average molecular weight is 260 g/mol. The van der Waals surface area contributed by atoms with Gasteiger partial charge in [0.05, 0.1) is 6.26 Å². The van der Waals surface area contributed by atoms with Crippen LogP contribution in [-0.2, 0) is 0 Å². The molecule has 18 heavy (non-hydrogen) atoms. The number of aromatic nitrogens is 3. The molecule has 0 fully saturated rings. The number of thiazole rings is 1. The SMILES string of the molecule is O=C(Nc1nccs1)c1cc(-c2ccco2)[nH]n1. The van der Waals surface area contributed by atoms with Crippen LogP contribution in [0.2, 0.25) is 0 Å². The maximum atomic E-state index is 11.8. The molecule has 0 bridgehead atoms. The van der Waals surface area contributed by atoms with Crippen LogP contribution in [0.5, 0.6) is 0 Å². The van der Waals surface area contributed by atoms with E-state index in [0.29, 0.717) is 16.6 Å². The monoisotopic (exact) mass is 260 g/mol. The molecule has 0 aliphatic carbocycles. The zero-order chi connectivity index (χ0) is 12.4. The highest BCUT2D eigenvalue weighted by Crippen LogP contribution is 2.18. The number of furan rings is 1. The molecule has 7 heteroatoms. The van der Waals surface area contributed by atoms with Gasteiger partial charge in [-0.3, -0.25) is 15.2 Å². The molecule has 0 atom stereocenters. The molecule has 0 aliphatic heterocycles. The van der Waals surface area contributed by atoms with E-state index in [-0.39, 0.29) is 11.6 Å². The summed E-state index contributed by atoms with van der Waals surface area (Å²) in [5.41, 5.74) is 0.945. The molecule has 0 saturated heterocycles. The molecule has 90 valence electrons. The summed E-state index contributed by atoms with van der Waals surface area (Å²) in [6, 6.07) is 5.18. The number of hydrogen-bond donors (Lipinski definition) is 2. The van der Waals surface area contributed by atoms with Crippen LogP contribution < -0.4 is 5.32 Å². The summed E-state index contributed by atoms with van der Waals surface area (Å²) in [6.45, 7) is 0. The summed E-state index contributed by atoms with van der Waals surface area (Å²) < 4.78 is 5.21. The molecule has 0 aliphatic rings. The number of anilines is 1. The second kappa shape index (κ2) is 4.46. The first kappa shape index (κ1) is 10.7. The summed E-state index contributed by atoms with van der Waals surface area (Å²) in [5, 5.41) is 11.7. The summed E-state index contributed by atoms with van der Waals surface area (Å²) in [6.07, 6.45) is 3.19. The smallest absolute Gasteiger partial charge is 0.277 e. The van der Waals surface area contributed by atoms with E-state index in [0.717, 1.165) is 0 Å². The van der Waals surface area contributed by atoms with Crippen molar-refractivity contribution in [3.05, 3.63) is 41.7 Å². The largest absolute Gasteiger partial charge is 0.463 e. The van der Waals surface area contributed by atoms with Crippen molar-refractivity contribution < 1.29 is 9.21 Å². The van der Waals surface area contributed by atoms with Crippen molar-refractivity contribution in [3.63, 3.8) is 0 Å². The van der Waals surface area contributed by atoms with Gasteiger partial charge in [0, 0.05) is 17.6 Å². The number of hydrogen-bond acceptors (Lipinski definition) is 5. The van der Waals surface area contributed by atoms with Gasteiger partial charge in [-0.2, -0.15) is 5.10 Å². The summed E-state index contributed by atoms with van der Waals surface area (Å²) in [5.74, 6) is 0.329. The normalized spacial score (nSPS) is 10.4. The van der Waals surface area contributed by atoms with E-state index in [1.807, 2.05) is 0 Å². The summed E-state index contributed by atoms with van der Waals surface area (Å²) in [4.78, 5) is 15.8. The molecular formula is C11H8N4O2S. The lowest BCUT2D eigenvalue weighted by Gasteiger charge is -1.95. The van der Waals surface area contributed by atoms with Crippen molar-refractivity contribution in [1.29, 1.82) is 0 Å². The standard InChI is InChI=1S/C11H8N4O2S/c16-10(13-11-12-3-5-18-11)8-6-7(14-15-8)9-2-1-4-17-9/h1-6H,(H,14,15)(H,12,13,16). The Bertz CT molecular complexity index is 642. The number of carbonyl (C=O) groups is 1. The summed E-state index contributed by atoms with van der Waals surface area (Å²) in [7, 11) is 0. The number of H-pyrrole nitrogens is 1. The second-order valence-electron chi connectivity index (χ2n) is 3.44. The molecule has 6 nitrogen and oxygen atoms in total. The lowest BCUT2D eigenvalue weighted by atomic mass is 10.3. The molecule has 2 N–H and O–H groups in total. The third kappa shape index (κ3) is 2.03. The quantitative estimate of drug-likeness (QED) is 0.757. The molecular weight excluding hydrogens is 252 g/mol. The fourth-order valence-electron chi connectivity index (χ4n) is 1.44. The van der Waals surface area contributed by atoms with Gasteiger partial charge in [0.15, 0.2) is 16.6 Å². The Morgan fingerprint density at radius 1 is 1.50 bits per heavy atom. The number of amides is 1. The lowest BCUT2D eigenvalue weighted by Crippen LogP contribution is -2.11. The molecule has 0 aromatic carbocycles. The van der Waals surface area contributed by atoms with E-state index in [2.05, 4.69) is 20.5 Å². The Morgan fingerprint density at radius 3 is 3.17 bits per heavy atom. The first-order chi connectivity index (χ1) is 8.83. The molecule has 3 aromatic heterocycles. The Balaban J connectivity index is 1.79. The minimum Gasteiger partial charge on any atom is -0.463 e. The van der Waals surface area contributed by atoms with Crippen LogP contribution in [0, 0.1) is 0 Å². The Morgan fingerprint density at radius 2 is 2.44 bits per heavy atom. The zero-order valence-corrected chi connectivity index (χ0v) is 9.90. The number of nitrogens with zero attached hydrogens (tertiary/aromatic N) is 2. The average Bonchev–Trinajstić information content (AvgIpc) is 3.11. The minimum absolute atomic E-state index is 0.289. The number of nitrogens with one attached hydrogen (secondary N) is 2. The number of carbonyl (C=O) groups excluding carboxylic acids is 1. The minimum atomic E-state index is -0.306. The van der Waals surface area contributed by atoms with E-state index >= 15 is 0 Å². The van der Waals surface area contributed by atoms with Gasteiger partial charge in [-0.25, -0.2) is 4.98 Å². The Kier molecular flexibility index (Phi) is 2.66. The second-order valence-corrected chi connectivity index (χ2v) is 4.33. The van der Waals surface area contributed by atoms with Gasteiger partial charge in [-0.05, 0) is 12.1 Å². The van der Waals surface area contributed by atoms with E-state index < -0.39 is 0 Å². The predicted molar refractivity (Wildman–Crippen MR) is 66.4 cm³/mol. The Labute approximate surface area is 106 Å². The van der Waals surface area contributed by atoms with Gasteiger partial charge in [0.25, 0.3) is 5.91 Å². The van der Waals surface area contributed by atoms with Crippen LogP contribution in [-0.4, -0.2) is 21.1 Å². The zero-order valence-electron chi connectivity index (χ0n) is 9.08. The third-order valence-electron chi connectivity index (χ3n) is 2.25. The van der Waals surface area contributed by atoms with Crippen LogP contribution >= 0.6 is 11.3 Å². The van der Waals surface area contributed by atoms with Crippen molar-refractivity contribution in [3.8, 4) is 11.5 Å². The third-order valence-corrected chi connectivity index (χ3v) is 2.94. The van der Waals surface area contributed by atoms with Crippen molar-refractivity contribution in [2.75, 3.05) is 5.32 Å². The lowest BCUT2D eigenvalue weighted by molar-refractivity contribution is 0.102. The first-order valence-electron chi connectivity index (χ1n) is 5.13. The Hall–Kier alpha value is -2.41. The van der Waals surface area contributed by atoms with Crippen LogP contribution in [0.15, 0.2) is 40.5 Å². The van der Waals surface area contributed by atoms with Gasteiger partial charge in [-0.15, -0.1) is 11.3 Å². The van der Waals surface area contributed by atoms with Gasteiger partial charge in [0.2, 0.25) is 0 Å². The molecule has 3 aromatic rings. The van der Waals surface area contributed by atoms with E-state index in [9.17, 15) is 4.79 Å². The van der Waals surface area contributed by atoms with Gasteiger partial charge in [-0.1, -0.05) is 0 Å². The van der Waals surface area contributed by atoms with Gasteiger partial charge < -0.3 is 4.42 Å². The fraction of sp³-hybridized carbons (Fsp3) is 0. The number of aromatic amines is 1. The van der Waals surface area contributed by atoms with Crippen molar-refractivity contribution in [2.45, 2.75) is 0 Å². The molecule has 0 spiro atoms. The highest BCUT2D eigenvalue weighted by atomic mass is 32.1. The van der Waals surface area contributed by atoms with Crippen molar-refractivity contribution >= 4 is 22.4 Å². The van der Waals surface area contributed by atoms with Crippen molar-refractivity contribution in [2.24, 2.45) is 0 Å². The van der Waals surface area contributed by atoms with Crippen LogP contribution in [0.4, 0.5) is 5.13 Å². The van der Waals surface area contributed by atoms with Gasteiger partial charge in [0.1, 0.15) is 5.69 Å². The first-order valence-corrected chi connectivity index (χ1v) is 6.01. The van der Waals surface area contributed by atoms with Crippen molar-refractivity contribution in [1.82, 2.24) is 15.2 Å². The van der Waals surface area contributed by atoms with Crippen LogP contribution in [0.3, 0.4) is 0 Å². The highest BCUT2D eigenvalue weighted by molar-refractivity contribution is 7.13. The molecule has 0 saturated carbocycles. The highest BCUT2D eigenvalue weighted by Gasteiger charge is 2.13. The van der Waals surface area contributed by atoms with E-state index in [1.165, 1.54) is 11.3 Å². The molecule has 3 heterocycles. The topological polar surface area (TPSA) is 83.8 Å². The molecule has 0 unspecified atom stereocenters.